The largest absolute Gasteiger partial charge is 0.450 e. The normalized spacial score (nSPS) is 16.6. The maximum Gasteiger partial charge on any atom is 0.428 e. The zero-order valence-corrected chi connectivity index (χ0v) is 8.73. The molecule has 2 nitrogen and oxygen atoms in total. The molecule has 5 heteroatoms. The highest BCUT2D eigenvalue weighted by molar-refractivity contribution is 5.66. The van der Waals surface area contributed by atoms with Gasteiger partial charge >= 0.3 is 12.1 Å². The highest BCUT2D eigenvalue weighted by atomic mass is 19.4. The summed E-state index contributed by atoms with van der Waals surface area (Å²) in [6, 6.07) is 0. The minimum atomic E-state index is -4.52. The van der Waals surface area contributed by atoms with Crippen LogP contribution < -0.4 is 0 Å². The summed E-state index contributed by atoms with van der Waals surface area (Å²) in [6.45, 7) is 5.17. The number of hydrogen-bond donors (Lipinski definition) is 0. The molecule has 0 N–H and O–H groups in total. The molecular weight excluding hydrogens is 197 g/mol. The van der Waals surface area contributed by atoms with Gasteiger partial charge in [-0.2, -0.15) is 13.2 Å². The molecule has 0 aliphatic carbocycles. The molecule has 0 bridgehead atoms. The first-order chi connectivity index (χ1) is 6.08. The van der Waals surface area contributed by atoms with Crippen LogP contribution in [0.2, 0.25) is 0 Å². The number of carbonyl (C=O) groups is 1. The monoisotopic (exact) mass is 212 g/mol. The van der Waals surface area contributed by atoms with Gasteiger partial charge in [0, 0.05) is 6.92 Å². The van der Waals surface area contributed by atoms with Crippen molar-refractivity contribution in [1.29, 1.82) is 0 Å². The van der Waals surface area contributed by atoms with Crippen LogP contribution in [0.3, 0.4) is 0 Å². The lowest BCUT2D eigenvalue weighted by Gasteiger charge is -2.32. The number of rotatable bonds is 3. The third kappa shape index (κ3) is 3.55. The fraction of sp³-hybridized carbons (Fsp3) is 0.889. The second kappa shape index (κ2) is 4.19. The summed E-state index contributed by atoms with van der Waals surface area (Å²) >= 11 is 0. The second-order valence-electron chi connectivity index (χ2n) is 3.92. The van der Waals surface area contributed by atoms with Crippen molar-refractivity contribution in [2.45, 2.75) is 45.9 Å². The predicted molar refractivity (Wildman–Crippen MR) is 45.7 cm³/mol. The molecule has 0 saturated carbocycles. The molecule has 0 heterocycles. The second-order valence-corrected chi connectivity index (χ2v) is 3.92. The highest BCUT2D eigenvalue weighted by Gasteiger charge is 2.54. The van der Waals surface area contributed by atoms with E-state index >= 15 is 0 Å². The van der Waals surface area contributed by atoms with Gasteiger partial charge in [0.05, 0.1) is 0 Å². The van der Waals surface area contributed by atoms with Crippen molar-refractivity contribution < 1.29 is 22.7 Å². The lowest BCUT2D eigenvalue weighted by atomic mass is 9.93. The molecule has 0 aromatic rings. The molecule has 0 spiro atoms. The van der Waals surface area contributed by atoms with E-state index in [0.717, 1.165) is 13.8 Å². The Balaban J connectivity index is 4.76. The molecule has 0 saturated heterocycles. The fourth-order valence-electron chi connectivity index (χ4n) is 1.31. The topological polar surface area (TPSA) is 26.3 Å². The van der Waals surface area contributed by atoms with Crippen molar-refractivity contribution in [2.24, 2.45) is 5.92 Å². The average Bonchev–Trinajstić information content (AvgIpc) is 1.78. The third-order valence-electron chi connectivity index (χ3n) is 1.77. The van der Waals surface area contributed by atoms with Crippen molar-refractivity contribution >= 4 is 5.97 Å². The predicted octanol–water partition coefficient (Wildman–Crippen LogP) is 2.92. The van der Waals surface area contributed by atoms with Gasteiger partial charge in [0.1, 0.15) is 0 Å². The fourth-order valence-corrected chi connectivity index (χ4v) is 1.31. The third-order valence-corrected chi connectivity index (χ3v) is 1.77. The Morgan fingerprint density at radius 3 is 2.00 bits per heavy atom. The Morgan fingerprint density at radius 2 is 1.79 bits per heavy atom. The Kier molecular flexibility index (Phi) is 3.97. The van der Waals surface area contributed by atoms with Crippen LogP contribution in [0.25, 0.3) is 0 Å². The molecule has 0 aromatic carbocycles. The van der Waals surface area contributed by atoms with Gasteiger partial charge in [-0.05, 0) is 19.3 Å². The number of halogens is 3. The number of carbonyl (C=O) groups excluding carboxylic acids is 1. The molecule has 1 unspecified atom stereocenters. The zero-order chi connectivity index (χ0) is 11.6. The molecule has 0 aliphatic heterocycles. The van der Waals surface area contributed by atoms with E-state index in [1.807, 2.05) is 0 Å². The van der Waals surface area contributed by atoms with Gasteiger partial charge in [0.15, 0.2) is 0 Å². The molecule has 0 aromatic heterocycles. The van der Waals surface area contributed by atoms with Crippen LogP contribution in [0.4, 0.5) is 13.2 Å². The van der Waals surface area contributed by atoms with Crippen molar-refractivity contribution in [3.8, 4) is 0 Å². The quantitative estimate of drug-likeness (QED) is 0.672. The lowest BCUT2D eigenvalue weighted by molar-refractivity contribution is -0.267. The minimum Gasteiger partial charge on any atom is -0.450 e. The first-order valence-corrected chi connectivity index (χ1v) is 4.35. The van der Waals surface area contributed by atoms with Gasteiger partial charge in [-0.15, -0.1) is 0 Å². The molecular formula is C9H15F3O2. The van der Waals surface area contributed by atoms with Crippen molar-refractivity contribution in [1.82, 2.24) is 0 Å². The zero-order valence-electron chi connectivity index (χ0n) is 8.73. The van der Waals surface area contributed by atoms with Crippen LogP contribution in [-0.2, 0) is 9.53 Å². The average molecular weight is 212 g/mol. The van der Waals surface area contributed by atoms with Gasteiger partial charge in [-0.25, -0.2) is 0 Å². The van der Waals surface area contributed by atoms with E-state index in [0.29, 0.717) is 0 Å². The first kappa shape index (κ1) is 13.3. The van der Waals surface area contributed by atoms with Gasteiger partial charge in [-0.1, -0.05) is 13.8 Å². The van der Waals surface area contributed by atoms with Crippen molar-refractivity contribution in [3.05, 3.63) is 0 Å². The van der Waals surface area contributed by atoms with E-state index in [9.17, 15) is 18.0 Å². The minimum absolute atomic E-state index is 0.194. The van der Waals surface area contributed by atoms with Gasteiger partial charge in [-0.3, -0.25) is 4.79 Å². The number of ether oxygens (including phenoxy) is 1. The molecule has 0 rings (SSSR count). The van der Waals surface area contributed by atoms with Gasteiger partial charge in [0.2, 0.25) is 5.60 Å². The van der Waals surface area contributed by atoms with Gasteiger partial charge < -0.3 is 4.74 Å². The molecule has 0 radical (unpaired) electrons. The maximum atomic E-state index is 12.5. The summed E-state index contributed by atoms with van der Waals surface area (Å²) < 4.78 is 42.0. The molecule has 0 fully saturated rings. The number of alkyl halides is 3. The molecule has 0 amide bonds. The lowest BCUT2D eigenvalue weighted by Crippen LogP contribution is -2.46. The van der Waals surface area contributed by atoms with Crippen LogP contribution in [0.5, 0.6) is 0 Å². The van der Waals surface area contributed by atoms with Crippen LogP contribution in [0.15, 0.2) is 0 Å². The Bertz CT molecular complexity index is 211. The van der Waals surface area contributed by atoms with Gasteiger partial charge in [0.25, 0.3) is 0 Å². The standard InChI is InChI=1S/C9H15F3O2/c1-6(2)5-8(4,9(10,11)12)14-7(3)13/h6H,5H2,1-4H3. The van der Waals surface area contributed by atoms with Crippen LogP contribution >= 0.6 is 0 Å². The van der Waals surface area contributed by atoms with E-state index in [1.54, 1.807) is 13.8 Å². The van der Waals surface area contributed by atoms with Crippen molar-refractivity contribution in [2.75, 3.05) is 0 Å². The summed E-state index contributed by atoms with van der Waals surface area (Å²) in [6.07, 6.45) is -4.75. The van der Waals surface area contributed by atoms with Crippen LogP contribution in [0.1, 0.15) is 34.1 Å². The van der Waals surface area contributed by atoms with Crippen LogP contribution in [0, 0.1) is 5.92 Å². The summed E-state index contributed by atoms with van der Waals surface area (Å²) in [4.78, 5) is 10.6. The molecule has 1 atom stereocenters. The summed E-state index contributed by atoms with van der Waals surface area (Å²) in [5, 5.41) is 0. The number of hydrogen-bond acceptors (Lipinski definition) is 2. The van der Waals surface area contributed by atoms with Crippen LogP contribution in [-0.4, -0.2) is 17.7 Å². The Labute approximate surface area is 81.4 Å². The highest BCUT2D eigenvalue weighted by Crippen LogP contribution is 2.38. The first-order valence-electron chi connectivity index (χ1n) is 4.35. The summed E-state index contributed by atoms with van der Waals surface area (Å²) in [5.74, 6) is -1.11. The van der Waals surface area contributed by atoms with E-state index in [2.05, 4.69) is 4.74 Å². The summed E-state index contributed by atoms with van der Waals surface area (Å²) in [7, 11) is 0. The molecule has 84 valence electrons. The van der Waals surface area contributed by atoms with E-state index < -0.39 is 17.7 Å². The van der Waals surface area contributed by atoms with E-state index in [4.69, 9.17) is 0 Å². The van der Waals surface area contributed by atoms with Crippen molar-refractivity contribution in [3.63, 3.8) is 0 Å². The number of esters is 1. The SMILES string of the molecule is CC(=O)OC(C)(CC(C)C)C(F)(F)F. The smallest absolute Gasteiger partial charge is 0.428 e. The maximum absolute atomic E-state index is 12.5. The Hall–Kier alpha value is -0.740. The molecule has 14 heavy (non-hydrogen) atoms. The van der Waals surface area contributed by atoms with E-state index in [1.165, 1.54) is 0 Å². The Morgan fingerprint density at radius 1 is 1.36 bits per heavy atom. The molecule has 0 aliphatic rings. The summed E-state index contributed by atoms with van der Waals surface area (Å²) in [5.41, 5.74) is -2.37. The van der Waals surface area contributed by atoms with E-state index in [-0.39, 0.29) is 12.3 Å².